The molecule has 0 atom stereocenters. The second-order valence-corrected chi connectivity index (χ2v) is 6.03. The van der Waals surface area contributed by atoms with E-state index in [0.29, 0.717) is 12.8 Å². The monoisotopic (exact) mass is 420 g/mol. The van der Waals surface area contributed by atoms with Gasteiger partial charge >= 0.3 is 55.6 Å². The molecular formula is C17H32CaO9. The van der Waals surface area contributed by atoms with E-state index in [-0.39, 0.29) is 62.8 Å². The van der Waals surface area contributed by atoms with Crippen molar-refractivity contribution in [2.75, 3.05) is 26.4 Å². The zero-order chi connectivity index (χ0) is 20.6. The van der Waals surface area contributed by atoms with Crippen LogP contribution in [0.25, 0.3) is 0 Å². The molecule has 0 spiro atoms. The Morgan fingerprint density at radius 1 is 0.852 bits per heavy atom. The quantitative estimate of drug-likeness (QED) is 0.116. The van der Waals surface area contributed by atoms with Gasteiger partial charge in [-0.15, -0.1) is 0 Å². The van der Waals surface area contributed by atoms with Crippen LogP contribution in [-0.4, -0.2) is 108 Å². The van der Waals surface area contributed by atoms with Crippen LogP contribution in [0.15, 0.2) is 12.2 Å². The summed E-state index contributed by atoms with van der Waals surface area (Å²) in [5.41, 5.74) is -0.946. The first kappa shape index (κ1) is 31.0. The molecule has 0 heterocycles. The molecule has 9 nitrogen and oxygen atoms in total. The molecule has 5 N–H and O–H groups in total. The van der Waals surface area contributed by atoms with E-state index in [0.717, 1.165) is 12.8 Å². The fourth-order valence-corrected chi connectivity index (χ4v) is 1.53. The van der Waals surface area contributed by atoms with E-state index < -0.39 is 43.1 Å². The summed E-state index contributed by atoms with van der Waals surface area (Å²) in [5.74, 6) is -2.17. The van der Waals surface area contributed by atoms with Gasteiger partial charge in [-0.25, -0.2) is 4.79 Å². The van der Waals surface area contributed by atoms with E-state index in [1.165, 1.54) is 6.92 Å². The van der Waals surface area contributed by atoms with Crippen molar-refractivity contribution in [2.24, 2.45) is 5.41 Å². The topological polar surface area (TPSA) is 162 Å². The minimum atomic E-state index is -1.18. The van der Waals surface area contributed by atoms with E-state index in [1.54, 1.807) is 0 Å². The van der Waals surface area contributed by atoms with Gasteiger partial charge in [-0.3, -0.25) is 9.59 Å². The van der Waals surface area contributed by atoms with Crippen molar-refractivity contribution < 1.29 is 44.7 Å². The van der Waals surface area contributed by atoms with E-state index in [9.17, 15) is 14.4 Å². The summed E-state index contributed by atoms with van der Waals surface area (Å²) in [6.07, 6.45) is 3.28. The van der Waals surface area contributed by atoms with Crippen molar-refractivity contribution >= 4 is 55.6 Å². The molecule has 0 aliphatic heterocycles. The van der Waals surface area contributed by atoms with Crippen LogP contribution in [0.4, 0.5) is 0 Å². The normalized spacial score (nSPS) is 10.1. The average molecular weight is 421 g/mol. The van der Waals surface area contributed by atoms with Gasteiger partial charge in [0.15, 0.2) is 0 Å². The molecule has 0 bridgehead atoms. The molecule has 0 aromatic carbocycles. The third kappa shape index (κ3) is 18.4. The second-order valence-electron chi connectivity index (χ2n) is 6.03. The molecule has 0 saturated heterocycles. The van der Waals surface area contributed by atoms with Gasteiger partial charge in [0.05, 0.1) is 25.2 Å². The molecular weight excluding hydrogens is 388 g/mol. The number of esters is 1. The number of hydrogen-bond acceptors (Lipinski definition) is 7. The maximum atomic E-state index is 11.0. The standard InChI is InChI=1S/C9H16O5.C8H14O4.Ca.2H/c1-7(2)8(13)14-6-9(3-10,4-11)5-12;9-7(10)5-3-1-2-4-6-8(11)12;;;/h10-12H,1,3-6H2,2H3;1-6H2,(H,9,10)(H,11,12);;;. The molecule has 0 aliphatic carbocycles. The Kier molecular flexibility index (Phi) is 21.4. The molecule has 10 heteroatoms. The number of carbonyl (C=O) groups excluding carboxylic acids is 1. The number of carbonyl (C=O) groups is 3. The Labute approximate surface area is 189 Å². The molecule has 0 aliphatic rings. The van der Waals surface area contributed by atoms with Crippen LogP contribution in [-0.2, 0) is 19.1 Å². The summed E-state index contributed by atoms with van der Waals surface area (Å²) in [7, 11) is 0. The SMILES string of the molecule is C=C(C)C(=O)OCC(CO)(CO)CO.O=C(O)CCCCCCC(=O)O.[CaH2]. The molecule has 0 radical (unpaired) electrons. The molecule has 156 valence electrons. The summed E-state index contributed by atoms with van der Waals surface area (Å²) < 4.78 is 4.72. The number of carboxylic acid groups (broad SMARTS) is 2. The van der Waals surface area contributed by atoms with Gasteiger partial charge in [0.1, 0.15) is 6.61 Å². The first-order chi connectivity index (χ1) is 12.1. The first-order valence-corrected chi connectivity index (χ1v) is 8.23. The number of ether oxygens (including phenoxy) is 1. The van der Waals surface area contributed by atoms with Crippen LogP contribution < -0.4 is 0 Å². The zero-order valence-electron chi connectivity index (χ0n) is 15.1. The first-order valence-electron chi connectivity index (χ1n) is 8.23. The Morgan fingerprint density at radius 2 is 1.22 bits per heavy atom. The molecule has 0 aromatic heterocycles. The average Bonchev–Trinajstić information content (AvgIpc) is 2.59. The molecule has 0 amide bonds. The number of aliphatic hydroxyl groups excluding tert-OH is 3. The predicted octanol–water partition coefficient (Wildman–Crippen LogP) is -0.351. The summed E-state index contributed by atoms with van der Waals surface area (Å²) in [6, 6.07) is 0. The van der Waals surface area contributed by atoms with Gasteiger partial charge in [-0.05, 0) is 19.8 Å². The maximum absolute atomic E-state index is 11.0. The number of hydrogen-bond donors (Lipinski definition) is 5. The molecule has 0 aromatic rings. The van der Waals surface area contributed by atoms with Crippen molar-refractivity contribution in [3.05, 3.63) is 12.2 Å². The second kappa shape index (κ2) is 18.6. The number of aliphatic hydroxyl groups is 3. The molecule has 0 rings (SSSR count). The summed E-state index contributed by atoms with van der Waals surface area (Å²) in [4.78, 5) is 31.1. The van der Waals surface area contributed by atoms with Gasteiger partial charge in [0.2, 0.25) is 0 Å². The summed E-state index contributed by atoms with van der Waals surface area (Å²) >= 11 is 0. The van der Waals surface area contributed by atoms with Crippen molar-refractivity contribution in [3.8, 4) is 0 Å². The van der Waals surface area contributed by atoms with Crippen molar-refractivity contribution in [2.45, 2.75) is 45.4 Å². The van der Waals surface area contributed by atoms with Crippen LogP contribution >= 0.6 is 0 Å². The third-order valence-electron chi connectivity index (χ3n) is 3.40. The number of carboxylic acids is 2. The van der Waals surface area contributed by atoms with E-state index in [4.69, 9.17) is 30.3 Å². The fraction of sp³-hybridized carbons (Fsp3) is 0.706. The number of aliphatic carboxylic acids is 2. The minimum absolute atomic E-state index is 0. The zero-order valence-corrected chi connectivity index (χ0v) is 15.1. The Morgan fingerprint density at radius 3 is 1.48 bits per heavy atom. The fourth-order valence-electron chi connectivity index (χ4n) is 1.53. The van der Waals surface area contributed by atoms with E-state index in [1.807, 2.05) is 0 Å². The van der Waals surface area contributed by atoms with Gasteiger partial charge < -0.3 is 30.3 Å². The summed E-state index contributed by atoms with van der Waals surface area (Å²) in [6.45, 7) is 3.26. The van der Waals surface area contributed by atoms with Gasteiger partial charge in [0, 0.05) is 18.4 Å². The van der Waals surface area contributed by atoms with Crippen molar-refractivity contribution in [3.63, 3.8) is 0 Å². The third-order valence-corrected chi connectivity index (χ3v) is 3.40. The van der Waals surface area contributed by atoms with Crippen LogP contribution in [0.2, 0.25) is 0 Å². The number of rotatable bonds is 13. The van der Waals surface area contributed by atoms with Crippen LogP contribution in [0.5, 0.6) is 0 Å². The van der Waals surface area contributed by atoms with Crippen molar-refractivity contribution in [1.29, 1.82) is 0 Å². The van der Waals surface area contributed by atoms with E-state index >= 15 is 0 Å². The number of unbranched alkanes of at least 4 members (excludes halogenated alkanes) is 3. The molecule has 0 fully saturated rings. The predicted molar refractivity (Wildman–Crippen MR) is 101 cm³/mol. The summed E-state index contributed by atoms with van der Waals surface area (Å²) in [5, 5.41) is 43.2. The van der Waals surface area contributed by atoms with Crippen LogP contribution in [0.1, 0.15) is 45.4 Å². The Bertz CT molecular complexity index is 421. The molecule has 0 saturated carbocycles. The molecule has 0 unspecified atom stereocenters. The van der Waals surface area contributed by atoms with Gasteiger partial charge in [-0.1, -0.05) is 19.4 Å². The van der Waals surface area contributed by atoms with Crippen molar-refractivity contribution in [1.82, 2.24) is 0 Å². The Balaban J connectivity index is -0.000000416. The van der Waals surface area contributed by atoms with E-state index in [2.05, 4.69) is 6.58 Å². The Hall–Kier alpha value is -0.710. The van der Waals surface area contributed by atoms with Gasteiger partial charge in [-0.2, -0.15) is 0 Å². The van der Waals surface area contributed by atoms with Crippen LogP contribution in [0, 0.1) is 5.41 Å². The molecule has 27 heavy (non-hydrogen) atoms. The van der Waals surface area contributed by atoms with Crippen LogP contribution in [0.3, 0.4) is 0 Å². The van der Waals surface area contributed by atoms with Gasteiger partial charge in [0.25, 0.3) is 0 Å².